The van der Waals surface area contributed by atoms with E-state index in [-0.39, 0.29) is 30.0 Å². The van der Waals surface area contributed by atoms with Gasteiger partial charge in [0.05, 0.1) is 31.8 Å². The van der Waals surface area contributed by atoms with Crippen LogP contribution < -0.4 is 19.3 Å². The molecule has 0 unspecified atom stereocenters. The van der Waals surface area contributed by atoms with Crippen molar-refractivity contribution in [1.29, 1.82) is 0 Å². The van der Waals surface area contributed by atoms with Gasteiger partial charge in [-0.3, -0.25) is 4.57 Å². The molecule has 42 heavy (non-hydrogen) atoms. The van der Waals surface area contributed by atoms with Crippen LogP contribution in [0.25, 0.3) is 33.9 Å². The highest BCUT2D eigenvalue weighted by molar-refractivity contribution is 7.51. The minimum Gasteiger partial charge on any atom is -0.502 e. The fraction of sp³-hybridized carbons (Fsp3) is 0.323. The summed E-state index contributed by atoms with van der Waals surface area (Å²) in [5, 5.41) is 10.4. The topological polar surface area (TPSA) is 131 Å². The average molecular weight is 595 g/mol. The van der Waals surface area contributed by atoms with Crippen molar-refractivity contribution in [2.75, 3.05) is 56.4 Å². The van der Waals surface area contributed by atoms with E-state index in [0.717, 1.165) is 47.0 Å². The first-order chi connectivity index (χ1) is 20.1. The van der Waals surface area contributed by atoms with Crippen LogP contribution in [0.3, 0.4) is 0 Å². The molecule has 0 aliphatic heterocycles. The van der Waals surface area contributed by atoms with E-state index < -0.39 is 7.60 Å². The van der Waals surface area contributed by atoms with Crippen LogP contribution in [0.2, 0.25) is 0 Å². The van der Waals surface area contributed by atoms with Crippen LogP contribution >= 0.6 is 7.60 Å². The van der Waals surface area contributed by atoms with Crippen LogP contribution in [0.15, 0.2) is 60.7 Å². The third kappa shape index (κ3) is 6.90. The monoisotopic (exact) mass is 594 g/mol. The Balaban J connectivity index is 1.79. The summed E-state index contributed by atoms with van der Waals surface area (Å²) in [6.07, 6.45) is -0.210. The molecule has 4 rings (SSSR count). The number of aromatic hydroxyl groups is 1. The Morgan fingerprint density at radius 3 is 1.76 bits per heavy atom. The zero-order valence-corrected chi connectivity index (χ0v) is 25.6. The number of nitrogens with one attached hydrogen (secondary N) is 1. The highest BCUT2D eigenvalue weighted by Crippen LogP contribution is 2.42. The molecular formula is C31H39N4O6P. The SMILES string of the molecule is CCN(CC)c1ccc(-c2[nH]c(-c3cc(OC)c(O)c(OC)c3)nc2-c2ccc(N(CC)CCP(=O)(O)O)cc2)cc1. The minimum absolute atomic E-state index is 0.0856. The lowest BCUT2D eigenvalue weighted by atomic mass is 10.0. The molecular weight excluding hydrogens is 555 g/mol. The molecule has 0 aliphatic rings. The van der Waals surface area contributed by atoms with Gasteiger partial charge in [-0.25, -0.2) is 4.98 Å². The predicted molar refractivity (Wildman–Crippen MR) is 168 cm³/mol. The number of rotatable bonds is 13. The van der Waals surface area contributed by atoms with Gasteiger partial charge in [0.15, 0.2) is 11.5 Å². The summed E-state index contributed by atoms with van der Waals surface area (Å²) >= 11 is 0. The zero-order valence-electron chi connectivity index (χ0n) is 24.7. The molecule has 10 nitrogen and oxygen atoms in total. The second kappa shape index (κ2) is 13.3. The average Bonchev–Trinajstić information content (AvgIpc) is 3.44. The Bertz CT molecular complexity index is 1500. The molecule has 4 N–H and O–H groups in total. The van der Waals surface area contributed by atoms with E-state index in [1.54, 1.807) is 12.1 Å². The molecule has 0 aliphatic carbocycles. The third-order valence-corrected chi connectivity index (χ3v) is 8.07. The predicted octanol–water partition coefficient (Wildman–Crippen LogP) is 5.98. The van der Waals surface area contributed by atoms with Gasteiger partial charge in [-0.15, -0.1) is 0 Å². The molecule has 0 bridgehead atoms. The van der Waals surface area contributed by atoms with Gasteiger partial charge in [0.25, 0.3) is 0 Å². The third-order valence-electron chi connectivity index (χ3n) is 7.29. The molecule has 0 spiro atoms. The Morgan fingerprint density at radius 1 is 0.786 bits per heavy atom. The molecule has 11 heteroatoms. The van der Waals surface area contributed by atoms with Crippen LogP contribution in [0.4, 0.5) is 11.4 Å². The number of imidazole rings is 1. The number of phenolic OH excluding ortho intramolecular Hbond substituents is 1. The number of H-pyrrole nitrogens is 1. The number of hydrogen-bond acceptors (Lipinski definition) is 7. The summed E-state index contributed by atoms with van der Waals surface area (Å²) in [5.41, 5.74) is 6.06. The van der Waals surface area contributed by atoms with Crippen LogP contribution in [0.1, 0.15) is 20.8 Å². The van der Waals surface area contributed by atoms with Crippen LogP contribution in [0, 0.1) is 0 Å². The quantitative estimate of drug-likeness (QED) is 0.138. The number of phenols is 1. The highest BCUT2D eigenvalue weighted by atomic mass is 31.2. The normalized spacial score (nSPS) is 11.4. The summed E-state index contributed by atoms with van der Waals surface area (Å²) in [6.45, 7) is 8.90. The van der Waals surface area contributed by atoms with Crippen molar-refractivity contribution in [2.24, 2.45) is 0 Å². The minimum atomic E-state index is -4.10. The molecule has 0 fully saturated rings. The molecule has 1 heterocycles. The highest BCUT2D eigenvalue weighted by Gasteiger charge is 2.20. The Labute approximate surface area is 246 Å². The van der Waals surface area contributed by atoms with Crippen molar-refractivity contribution in [2.45, 2.75) is 20.8 Å². The molecule has 0 saturated carbocycles. The second-order valence-electron chi connectivity index (χ2n) is 9.77. The fourth-order valence-corrected chi connectivity index (χ4v) is 5.44. The van der Waals surface area contributed by atoms with Crippen molar-refractivity contribution >= 4 is 19.0 Å². The molecule has 0 atom stereocenters. The summed E-state index contributed by atoms with van der Waals surface area (Å²) in [4.78, 5) is 31.3. The van der Waals surface area contributed by atoms with E-state index in [0.29, 0.717) is 17.9 Å². The molecule has 4 aromatic rings. The summed E-state index contributed by atoms with van der Waals surface area (Å²) in [6, 6.07) is 19.5. The maximum Gasteiger partial charge on any atom is 0.327 e. The van der Waals surface area contributed by atoms with E-state index in [1.165, 1.54) is 14.2 Å². The standard InChI is InChI=1S/C31H39N4O6P/c1-6-34(7-2)24-13-9-21(10-14-24)28-29(22-11-15-25(16-12-22)35(8-3)17-18-42(37,38)39)33-31(32-28)23-19-26(40-4)30(36)27(20-23)41-5/h9-16,19-20,36H,6-8,17-18H2,1-5H3,(H,32,33)(H2,37,38,39). The number of aromatic nitrogens is 2. The molecule has 1 aromatic heterocycles. The van der Waals surface area contributed by atoms with Gasteiger partial charge in [0.1, 0.15) is 5.82 Å². The number of nitrogens with zero attached hydrogens (tertiary/aromatic N) is 3. The summed E-state index contributed by atoms with van der Waals surface area (Å²) in [7, 11) is -1.14. The van der Waals surface area contributed by atoms with Crippen LogP contribution in [-0.4, -0.2) is 71.4 Å². The Hall–Kier alpha value is -3.98. The molecule has 3 aromatic carbocycles. The Kier molecular flexibility index (Phi) is 9.83. The maximum absolute atomic E-state index is 11.4. The van der Waals surface area contributed by atoms with Crippen molar-refractivity contribution < 1.29 is 28.9 Å². The molecule has 0 saturated heterocycles. The molecule has 0 amide bonds. The maximum atomic E-state index is 11.4. The number of hydrogen-bond donors (Lipinski definition) is 4. The van der Waals surface area contributed by atoms with Crippen molar-refractivity contribution in [3.8, 4) is 51.2 Å². The first kappa shape index (κ1) is 31.0. The lowest BCUT2D eigenvalue weighted by molar-refractivity contribution is 0.340. The van der Waals surface area contributed by atoms with E-state index in [1.807, 2.05) is 36.1 Å². The van der Waals surface area contributed by atoms with Gasteiger partial charge in [-0.2, -0.15) is 0 Å². The van der Waals surface area contributed by atoms with Crippen molar-refractivity contribution in [3.63, 3.8) is 0 Å². The smallest absolute Gasteiger partial charge is 0.327 e. The van der Waals surface area contributed by atoms with E-state index in [2.05, 4.69) is 48.0 Å². The Morgan fingerprint density at radius 2 is 1.29 bits per heavy atom. The second-order valence-corrected chi connectivity index (χ2v) is 11.5. The lowest BCUT2D eigenvalue weighted by Gasteiger charge is -2.23. The number of ether oxygens (including phenoxy) is 2. The molecule has 224 valence electrons. The number of anilines is 2. The van der Waals surface area contributed by atoms with Gasteiger partial charge in [-0.05, 0) is 57.2 Å². The van der Waals surface area contributed by atoms with Gasteiger partial charge in [0, 0.05) is 54.2 Å². The number of methoxy groups -OCH3 is 2. The van der Waals surface area contributed by atoms with Crippen LogP contribution in [0.5, 0.6) is 17.2 Å². The van der Waals surface area contributed by atoms with E-state index in [4.69, 9.17) is 14.5 Å². The van der Waals surface area contributed by atoms with Crippen LogP contribution in [-0.2, 0) is 4.57 Å². The first-order valence-electron chi connectivity index (χ1n) is 13.9. The number of aromatic amines is 1. The van der Waals surface area contributed by atoms with Gasteiger partial charge in [-0.1, -0.05) is 24.3 Å². The first-order valence-corrected chi connectivity index (χ1v) is 15.7. The van der Waals surface area contributed by atoms with E-state index in [9.17, 15) is 19.5 Å². The van der Waals surface area contributed by atoms with Gasteiger partial charge >= 0.3 is 7.60 Å². The lowest BCUT2D eigenvalue weighted by Crippen LogP contribution is -2.26. The summed E-state index contributed by atoms with van der Waals surface area (Å²) in [5.74, 6) is 1.03. The van der Waals surface area contributed by atoms with E-state index >= 15 is 0 Å². The van der Waals surface area contributed by atoms with Gasteiger partial charge < -0.3 is 39.2 Å². The summed E-state index contributed by atoms with van der Waals surface area (Å²) < 4.78 is 22.2. The number of benzene rings is 3. The largest absolute Gasteiger partial charge is 0.502 e. The van der Waals surface area contributed by atoms with Crippen molar-refractivity contribution in [1.82, 2.24) is 9.97 Å². The zero-order chi connectivity index (χ0) is 30.4. The van der Waals surface area contributed by atoms with Crippen molar-refractivity contribution in [3.05, 3.63) is 60.7 Å². The van der Waals surface area contributed by atoms with Gasteiger partial charge in [0.2, 0.25) is 5.75 Å². The fourth-order valence-electron chi connectivity index (χ4n) is 4.94. The molecule has 0 radical (unpaired) electrons.